The largest absolute Gasteiger partial charge is 0.492 e. The number of ether oxygens (including phenoxy) is 1. The summed E-state index contributed by atoms with van der Waals surface area (Å²) in [6.45, 7) is 4.68. The highest BCUT2D eigenvalue weighted by Gasteiger charge is 2.30. The van der Waals surface area contributed by atoms with Crippen molar-refractivity contribution in [2.45, 2.75) is 32.2 Å². The van der Waals surface area contributed by atoms with Crippen molar-refractivity contribution in [1.29, 1.82) is 0 Å². The number of nitrogens with one attached hydrogen (secondary N) is 1. The second kappa shape index (κ2) is 6.85. The zero-order valence-electron chi connectivity index (χ0n) is 11.5. The molecule has 1 amide bonds. The molecule has 0 fully saturated rings. The van der Waals surface area contributed by atoms with Crippen LogP contribution >= 0.6 is 11.8 Å². The Hall–Kier alpha value is -1.16. The molecule has 0 radical (unpaired) electrons. The molecule has 3 nitrogen and oxygen atoms in total. The number of amides is 1. The third-order valence-electron chi connectivity index (χ3n) is 3.30. The van der Waals surface area contributed by atoms with Gasteiger partial charge in [0.05, 0.1) is 0 Å². The number of thioether (sulfide) groups is 1. The fourth-order valence-corrected chi connectivity index (χ4v) is 3.01. The summed E-state index contributed by atoms with van der Waals surface area (Å²) < 4.78 is 5.55. The molecule has 19 heavy (non-hydrogen) atoms. The molecule has 0 aromatic heterocycles. The van der Waals surface area contributed by atoms with E-state index < -0.39 is 0 Å². The Kier molecular flexibility index (Phi) is 5.14. The average molecular weight is 279 g/mol. The summed E-state index contributed by atoms with van der Waals surface area (Å²) in [5, 5.41) is 3.09. The maximum Gasteiger partial charge on any atom is 0.231 e. The summed E-state index contributed by atoms with van der Waals surface area (Å²) >= 11 is 1.91. The van der Waals surface area contributed by atoms with Crippen LogP contribution in [0.4, 0.5) is 0 Å². The zero-order chi connectivity index (χ0) is 13.7. The van der Waals surface area contributed by atoms with Gasteiger partial charge in [-0.3, -0.25) is 4.79 Å². The molecule has 2 rings (SSSR count). The lowest BCUT2D eigenvalue weighted by Crippen LogP contribution is -2.37. The predicted octanol–water partition coefficient (Wildman–Crippen LogP) is 2.81. The van der Waals surface area contributed by atoms with Crippen LogP contribution in [0.2, 0.25) is 0 Å². The standard InChI is InChI=1S/C15H21NO2S/c1-3-19-9-8-11(2)16-15(17)13-10-18-14-7-5-4-6-12(13)14/h4-7,11,13H,3,8-10H2,1-2H3,(H,16,17). The highest BCUT2D eigenvalue weighted by Crippen LogP contribution is 2.33. The lowest BCUT2D eigenvalue weighted by molar-refractivity contribution is -0.123. The second-order valence-corrected chi connectivity index (χ2v) is 6.19. The summed E-state index contributed by atoms with van der Waals surface area (Å²) in [5.74, 6) is 2.99. The van der Waals surface area contributed by atoms with Crippen LogP contribution in [0.1, 0.15) is 31.7 Å². The Bertz CT molecular complexity index is 436. The Morgan fingerprint density at radius 1 is 1.53 bits per heavy atom. The SMILES string of the molecule is CCSCCC(C)NC(=O)C1COc2ccccc21. The van der Waals surface area contributed by atoms with Crippen LogP contribution < -0.4 is 10.1 Å². The van der Waals surface area contributed by atoms with E-state index in [1.165, 1.54) is 0 Å². The number of hydrogen-bond acceptors (Lipinski definition) is 3. The number of benzene rings is 1. The topological polar surface area (TPSA) is 38.3 Å². The van der Waals surface area contributed by atoms with E-state index in [4.69, 9.17) is 4.74 Å². The number of hydrogen-bond donors (Lipinski definition) is 1. The molecule has 104 valence electrons. The molecule has 2 unspecified atom stereocenters. The van der Waals surface area contributed by atoms with Crippen LogP contribution in [-0.4, -0.2) is 30.1 Å². The number of carbonyl (C=O) groups excluding carboxylic acids is 1. The molecule has 4 heteroatoms. The van der Waals surface area contributed by atoms with E-state index in [-0.39, 0.29) is 17.9 Å². The predicted molar refractivity (Wildman–Crippen MR) is 79.9 cm³/mol. The van der Waals surface area contributed by atoms with E-state index in [0.29, 0.717) is 6.61 Å². The van der Waals surface area contributed by atoms with Gasteiger partial charge in [0.1, 0.15) is 18.3 Å². The lowest BCUT2D eigenvalue weighted by atomic mass is 10.00. The van der Waals surface area contributed by atoms with Crippen LogP contribution in [0.25, 0.3) is 0 Å². The summed E-state index contributed by atoms with van der Waals surface area (Å²) in [6, 6.07) is 8.01. The summed E-state index contributed by atoms with van der Waals surface area (Å²) in [4.78, 5) is 12.3. The van der Waals surface area contributed by atoms with Crippen LogP contribution in [0.15, 0.2) is 24.3 Å². The molecule has 1 aliphatic heterocycles. The molecule has 1 aliphatic rings. The van der Waals surface area contributed by atoms with E-state index >= 15 is 0 Å². The fraction of sp³-hybridized carbons (Fsp3) is 0.533. The van der Waals surface area contributed by atoms with E-state index in [9.17, 15) is 4.79 Å². The van der Waals surface area contributed by atoms with Gasteiger partial charge >= 0.3 is 0 Å². The molecule has 1 aromatic carbocycles. The van der Waals surface area contributed by atoms with Crippen molar-refractivity contribution in [2.75, 3.05) is 18.1 Å². The van der Waals surface area contributed by atoms with Gasteiger partial charge in [-0.2, -0.15) is 11.8 Å². The normalized spacial score (nSPS) is 18.5. The van der Waals surface area contributed by atoms with Crippen molar-refractivity contribution in [3.8, 4) is 5.75 Å². The summed E-state index contributed by atoms with van der Waals surface area (Å²) in [7, 11) is 0. The van der Waals surface area contributed by atoms with Crippen molar-refractivity contribution >= 4 is 17.7 Å². The van der Waals surface area contributed by atoms with E-state index in [1.807, 2.05) is 36.0 Å². The monoisotopic (exact) mass is 279 g/mol. The number of para-hydroxylation sites is 1. The lowest BCUT2D eigenvalue weighted by Gasteiger charge is -2.16. The Labute approximate surface area is 119 Å². The van der Waals surface area contributed by atoms with Crippen LogP contribution in [0.5, 0.6) is 5.75 Å². The molecule has 2 atom stereocenters. The van der Waals surface area contributed by atoms with Crippen molar-refractivity contribution in [3.05, 3.63) is 29.8 Å². The van der Waals surface area contributed by atoms with Gasteiger partial charge in [0.15, 0.2) is 0 Å². The second-order valence-electron chi connectivity index (χ2n) is 4.80. The minimum absolute atomic E-state index is 0.0824. The minimum atomic E-state index is -0.155. The highest BCUT2D eigenvalue weighted by molar-refractivity contribution is 7.99. The molecular formula is C15H21NO2S. The van der Waals surface area contributed by atoms with Gasteiger partial charge in [0.25, 0.3) is 0 Å². The molecule has 0 saturated heterocycles. The van der Waals surface area contributed by atoms with Crippen molar-refractivity contribution in [3.63, 3.8) is 0 Å². The van der Waals surface area contributed by atoms with Gasteiger partial charge in [-0.25, -0.2) is 0 Å². The molecule has 0 bridgehead atoms. The number of carbonyl (C=O) groups is 1. The van der Waals surface area contributed by atoms with Crippen LogP contribution in [0, 0.1) is 0 Å². The first kappa shape index (κ1) is 14.3. The summed E-state index contributed by atoms with van der Waals surface area (Å²) in [5.41, 5.74) is 1.01. The van der Waals surface area contributed by atoms with Crippen LogP contribution in [0.3, 0.4) is 0 Å². The molecule has 0 saturated carbocycles. The Balaban J connectivity index is 1.88. The Morgan fingerprint density at radius 2 is 2.32 bits per heavy atom. The Morgan fingerprint density at radius 3 is 3.11 bits per heavy atom. The quantitative estimate of drug-likeness (QED) is 0.814. The molecule has 0 spiro atoms. The molecule has 1 aromatic rings. The van der Waals surface area contributed by atoms with Gasteiger partial charge in [0, 0.05) is 11.6 Å². The van der Waals surface area contributed by atoms with E-state index in [0.717, 1.165) is 29.2 Å². The maximum atomic E-state index is 12.3. The van der Waals surface area contributed by atoms with Crippen molar-refractivity contribution < 1.29 is 9.53 Å². The van der Waals surface area contributed by atoms with Gasteiger partial charge in [-0.15, -0.1) is 0 Å². The number of rotatable bonds is 6. The first-order valence-electron chi connectivity index (χ1n) is 6.82. The highest BCUT2D eigenvalue weighted by atomic mass is 32.2. The third-order valence-corrected chi connectivity index (χ3v) is 4.24. The third kappa shape index (κ3) is 3.66. The number of fused-ring (bicyclic) bond motifs is 1. The fourth-order valence-electron chi connectivity index (χ4n) is 2.20. The van der Waals surface area contributed by atoms with Gasteiger partial charge < -0.3 is 10.1 Å². The van der Waals surface area contributed by atoms with E-state index in [1.54, 1.807) is 0 Å². The zero-order valence-corrected chi connectivity index (χ0v) is 12.3. The van der Waals surface area contributed by atoms with E-state index in [2.05, 4.69) is 19.2 Å². The van der Waals surface area contributed by atoms with Gasteiger partial charge in [-0.1, -0.05) is 25.1 Å². The van der Waals surface area contributed by atoms with Crippen LogP contribution in [-0.2, 0) is 4.79 Å². The average Bonchev–Trinajstić information content (AvgIpc) is 2.83. The molecular weight excluding hydrogens is 258 g/mol. The molecule has 1 N–H and O–H groups in total. The van der Waals surface area contributed by atoms with Crippen molar-refractivity contribution in [1.82, 2.24) is 5.32 Å². The first-order chi connectivity index (χ1) is 9.22. The maximum absolute atomic E-state index is 12.3. The van der Waals surface area contributed by atoms with Gasteiger partial charge in [0.2, 0.25) is 5.91 Å². The smallest absolute Gasteiger partial charge is 0.231 e. The summed E-state index contributed by atoms with van der Waals surface area (Å²) in [6.07, 6.45) is 1.01. The molecule has 0 aliphatic carbocycles. The van der Waals surface area contributed by atoms with Crippen molar-refractivity contribution in [2.24, 2.45) is 0 Å². The minimum Gasteiger partial charge on any atom is -0.492 e. The molecule has 1 heterocycles. The van der Waals surface area contributed by atoms with Gasteiger partial charge in [-0.05, 0) is 30.9 Å². The first-order valence-corrected chi connectivity index (χ1v) is 7.97.